The lowest BCUT2D eigenvalue weighted by molar-refractivity contribution is 1.04. The van der Waals surface area contributed by atoms with Crippen LogP contribution in [0.2, 0.25) is 0 Å². The van der Waals surface area contributed by atoms with Crippen molar-refractivity contribution in [1.29, 1.82) is 0 Å². The lowest BCUT2D eigenvalue weighted by Crippen LogP contribution is -1.88. The number of pyridine rings is 2. The first-order valence-corrected chi connectivity index (χ1v) is 5.17. The molecule has 2 heteroatoms. The van der Waals surface area contributed by atoms with Gasteiger partial charge >= 0.3 is 0 Å². The average molecular weight is 198 g/mol. The van der Waals surface area contributed by atoms with E-state index in [0.717, 1.165) is 28.9 Å². The minimum atomic E-state index is 0.979. The van der Waals surface area contributed by atoms with Crippen LogP contribution in [-0.4, -0.2) is 9.97 Å². The number of nitrogens with zero attached hydrogens (tertiary/aromatic N) is 2. The summed E-state index contributed by atoms with van der Waals surface area (Å²) in [6.07, 6.45) is 4.77. The Bertz CT molecular complexity index is 429. The van der Waals surface area contributed by atoms with Crippen molar-refractivity contribution in [2.45, 2.75) is 20.3 Å². The Balaban J connectivity index is 2.33. The third-order valence-electron chi connectivity index (χ3n) is 2.43. The van der Waals surface area contributed by atoms with E-state index in [4.69, 9.17) is 0 Å². The van der Waals surface area contributed by atoms with Gasteiger partial charge in [-0.15, -0.1) is 0 Å². The van der Waals surface area contributed by atoms with Crippen LogP contribution in [0.15, 0.2) is 36.7 Å². The molecule has 2 aromatic rings. The molecule has 15 heavy (non-hydrogen) atoms. The largest absolute Gasteiger partial charge is 0.261 e. The SMILES string of the molecule is CCc1ccc(-c2ccc(C)nc2)cn1. The molecule has 2 nitrogen and oxygen atoms in total. The van der Waals surface area contributed by atoms with E-state index in [1.165, 1.54) is 0 Å². The van der Waals surface area contributed by atoms with Gasteiger partial charge in [0.15, 0.2) is 0 Å². The Labute approximate surface area is 90.0 Å². The molecule has 0 radical (unpaired) electrons. The average Bonchev–Trinajstić information content (AvgIpc) is 2.30. The lowest BCUT2D eigenvalue weighted by atomic mass is 10.1. The van der Waals surface area contributed by atoms with Gasteiger partial charge in [-0.05, 0) is 25.5 Å². The molecule has 0 bridgehead atoms. The van der Waals surface area contributed by atoms with E-state index < -0.39 is 0 Å². The predicted molar refractivity (Wildman–Crippen MR) is 61.6 cm³/mol. The molecule has 0 atom stereocenters. The van der Waals surface area contributed by atoms with Crippen molar-refractivity contribution in [1.82, 2.24) is 9.97 Å². The smallest absolute Gasteiger partial charge is 0.0401 e. The van der Waals surface area contributed by atoms with E-state index in [1.54, 1.807) is 0 Å². The number of aryl methyl sites for hydroxylation is 2. The Morgan fingerprint density at radius 2 is 1.60 bits per heavy atom. The van der Waals surface area contributed by atoms with Crippen molar-refractivity contribution in [3.63, 3.8) is 0 Å². The van der Waals surface area contributed by atoms with Crippen LogP contribution < -0.4 is 0 Å². The zero-order valence-electron chi connectivity index (χ0n) is 9.07. The number of aromatic nitrogens is 2. The molecule has 0 aliphatic carbocycles. The molecule has 0 unspecified atom stereocenters. The van der Waals surface area contributed by atoms with Gasteiger partial charge in [-0.25, -0.2) is 0 Å². The van der Waals surface area contributed by atoms with Gasteiger partial charge in [-0.2, -0.15) is 0 Å². The van der Waals surface area contributed by atoms with Crippen molar-refractivity contribution in [3.05, 3.63) is 48.0 Å². The second-order valence-electron chi connectivity index (χ2n) is 3.58. The highest BCUT2D eigenvalue weighted by Gasteiger charge is 1.98. The van der Waals surface area contributed by atoms with E-state index >= 15 is 0 Å². The molecule has 2 aromatic heterocycles. The van der Waals surface area contributed by atoms with Gasteiger partial charge in [0.1, 0.15) is 0 Å². The highest BCUT2D eigenvalue weighted by atomic mass is 14.7. The van der Waals surface area contributed by atoms with E-state index in [-0.39, 0.29) is 0 Å². The van der Waals surface area contributed by atoms with Crippen LogP contribution in [0.25, 0.3) is 11.1 Å². The fraction of sp³-hybridized carbons (Fsp3) is 0.231. The predicted octanol–water partition coefficient (Wildman–Crippen LogP) is 3.01. The maximum atomic E-state index is 4.37. The fourth-order valence-electron chi connectivity index (χ4n) is 1.44. The Morgan fingerprint density at radius 3 is 2.07 bits per heavy atom. The van der Waals surface area contributed by atoms with Gasteiger partial charge in [0.25, 0.3) is 0 Å². The van der Waals surface area contributed by atoms with E-state index in [0.29, 0.717) is 0 Å². The molecule has 0 amide bonds. The molecule has 0 aliphatic rings. The van der Waals surface area contributed by atoms with E-state index in [9.17, 15) is 0 Å². The van der Waals surface area contributed by atoms with Crippen LogP contribution in [0.5, 0.6) is 0 Å². The molecule has 0 fully saturated rings. The summed E-state index contributed by atoms with van der Waals surface area (Å²) in [4.78, 5) is 8.64. The summed E-state index contributed by atoms with van der Waals surface area (Å²) in [6.45, 7) is 4.09. The normalized spacial score (nSPS) is 10.3. The maximum Gasteiger partial charge on any atom is 0.0401 e. The molecule has 2 rings (SSSR count). The first-order valence-electron chi connectivity index (χ1n) is 5.17. The van der Waals surface area contributed by atoms with E-state index in [1.807, 2.05) is 25.4 Å². The Hall–Kier alpha value is -1.70. The standard InChI is InChI=1S/C13H14N2/c1-3-13-7-6-12(9-15-13)11-5-4-10(2)14-8-11/h4-9H,3H2,1-2H3. The molecular formula is C13H14N2. The van der Waals surface area contributed by atoms with Gasteiger partial charge < -0.3 is 0 Å². The van der Waals surface area contributed by atoms with Crippen molar-refractivity contribution < 1.29 is 0 Å². The van der Waals surface area contributed by atoms with Crippen LogP contribution in [0.3, 0.4) is 0 Å². The first kappa shape index (κ1) is 9.84. The summed E-state index contributed by atoms with van der Waals surface area (Å²) in [5, 5.41) is 0. The van der Waals surface area contributed by atoms with Crippen molar-refractivity contribution >= 4 is 0 Å². The topological polar surface area (TPSA) is 25.8 Å². The molecule has 0 aromatic carbocycles. The molecule has 76 valence electrons. The summed E-state index contributed by atoms with van der Waals surface area (Å²) in [7, 11) is 0. The lowest BCUT2D eigenvalue weighted by Gasteiger charge is -2.02. The molecular weight excluding hydrogens is 184 g/mol. The van der Waals surface area contributed by atoms with Gasteiger partial charge in [0.2, 0.25) is 0 Å². The molecule has 0 saturated heterocycles. The molecule has 0 aliphatic heterocycles. The van der Waals surface area contributed by atoms with Crippen molar-refractivity contribution in [3.8, 4) is 11.1 Å². The minimum Gasteiger partial charge on any atom is -0.261 e. The molecule has 0 spiro atoms. The second-order valence-corrected chi connectivity index (χ2v) is 3.58. The number of hydrogen-bond acceptors (Lipinski definition) is 2. The fourth-order valence-corrected chi connectivity index (χ4v) is 1.44. The zero-order valence-corrected chi connectivity index (χ0v) is 9.07. The Morgan fingerprint density at radius 1 is 0.933 bits per heavy atom. The summed E-state index contributed by atoms with van der Waals surface area (Å²) >= 11 is 0. The monoisotopic (exact) mass is 198 g/mol. The Kier molecular flexibility index (Phi) is 2.77. The minimum absolute atomic E-state index is 0.979. The number of hydrogen-bond donors (Lipinski definition) is 0. The van der Waals surface area contributed by atoms with E-state index in [2.05, 4.69) is 35.1 Å². The van der Waals surface area contributed by atoms with Crippen LogP contribution in [-0.2, 0) is 6.42 Å². The van der Waals surface area contributed by atoms with Gasteiger partial charge in [0, 0.05) is 34.9 Å². The van der Waals surface area contributed by atoms with Gasteiger partial charge in [0.05, 0.1) is 0 Å². The van der Waals surface area contributed by atoms with Crippen LogP contribution in [0.1, 0.15) is 18.3 Å². The summed E-state index contributed by atoms with van der Waals surface area (Å²) in [5.41, 5.74) is 4.41. The van der Waals surface area contributed by atoms with Crippen molar-refractivity contribution in [2.24, 2.45) is 0 Å². The molecule has 0 saturated carbocycles. The van der Waals surface area contributed by atoms with Gasteiger partial charge in [-0.1, -0.05) is 19.1 Å². The van der Waals surface area contributed by atoms with Crippen LogP contribution in [0, 0.1) is 6.92 Å². The summed E-state index contributed by atoms with van der Waals surface area (Å²) in [6, 6.07) is 8.25. The molecule has 2 heterocycles. The maximum absolute atomic E-state index is 4.37. The van der Waals surface area contributed by atoms with Crippen LogP contribution in [0.4, 0.5) is 0 Å². The third-order valence-corrected chi connectivity index (χ3v) is 2.43. The van der Waals surface area contributed by atoms with Crippen LogP contribution >= 0.6 is 0 Å². The van der Waals surface area contributed by atoms with Crippen molar-refractivity contribution in [2.75, 3.05) is 0 Å². The molecule has 0 N–H and O–H groups in total. The highest BCUT2D eigenvalue weighted by Crippen LogP contribution is 2.17. The highest BCUT2D eigenvalue weighted by molar-refractivity contribution is 5.61. The zero-order chi connectivity index (χ0) is 10.7. The quantitative estimate of drug-likeness (QED) is 0.741. The summed E-state index contributed by atoms with van der Waals surface area (Å²) in [5.74, 6) is 0. The van der Waals surface area contributed by atoms with Gasteiger partial charge in [-0.3, -0.25) is 9.97 Å². The first-order chi connectivity index (χ1) is 7.29. The second kappa shape index (κ2) is 4.22. The summed E-state index contributed by atoms with van der Waals surface area (Å²) < 4.78 is 0. The number of rotatable bonds is 2. The third kappa shape index (κ3) is 2.21.